The lowest BCUT2D eigenvalue weighted by Crippen LogP contribution is -2.30. The van der Waals surface area contributed by atoms with Gasteiger partial charge in [0.1, 0.15) is 11.6 Å². The highest BCUT2D eigenvalue weighted by Crippen LogP contribution is 2.24. The number of pyridine rings is 1. The molecule has 1 N–H and O–H groups in total. The van der Waals surface area contributed by atoms with Crippen LogP contribution in [0.3, 0.4) is 0 Å². The lowest BCUT2D eigenvalue weighted by molar-refractivity contribution is -0.116. The Morgan fingerprint density at radius 3 is 2.53 bits per heavy atom. The number of rotatable bonds is 10. The molecule has 0 atom stereocenters. The van der Waals surface area contributed by atoms with Gasteiger partial charge < -0.3 is 9.88 Å². The second kappa shape index (κ2) is 10.2. The van der Waals surface area contributed by atoms with E-state index in [1.807, 2.05) is 39.0 Å². The predicted molar refractivity (Wildman–Crippen MR) is 126 cm³/mol. The molecule has 1 amide bonds. The smallest absolute Gasteiger partial charge is 0.243 e. The second-order valence-corrected chi connectivity index (χ2v) is 9.62. The third-order valence-electron chi connectivity index (χ3n) is 5.35. The number of imidazole rings is 1. The SMILES string of the molecule is CCCn1c(CCC(=O)Nc2cc(C)ccn2)nc2cc(S(=O)(=O)N(CC)CC)ccc21. The molecule has 0 aliphatic rings. The fraction of sp³-hybridized carbons (Fsp3) is 0.435. The minimum absolute atomic E-state index is 0.136. The van der Waals surface area contributed by atoms with Crippen molar-refractivity contribution in [3.05, 3.63) is 47.9 Å². The second-order valence-electron chi connectivity index (χ2n) is 7.69. The number of amides is 1. The fourth-order valence-corrected chi connectivity index (χ4v) is 5.21. The average molecular weight is 458 g/mol. The molecule has 3 rings (SSSR count). The predicted octanol–water partition coefficient (Wildman–Crippen LogP) is 3.75. The van der Waals surface area contributed by atoms with Gasteiger partial charge in [-0.15, -0.1) is 0 Å². The molecule has 0 radical (unpaired) electrons. The molecule has 0 aliphatic heterocycles. The molecule has 2 aromatic heterocycles. The summed E-state index contributed by atoms with van der Waals surface area (Å²) in [6.45, 7) is 9.24. The van der Waals surface area contributed by atoms with Crippen molar-refractivity contribution in [3.63, 3.8) is 0 Å². The molecule has 3 aromatic rings. The summed E-state index contributed by atoms with van der Waals surface area (Å²) in [6, 6.07) is 8.78. The summed E-state index contributed by atoms with van der Waals surface area (Å²) in [7, 11) is -3.56. The van der Waals surface area contributed by atoms with Crippen LogP contribution in [-0.2, 0) is 27.8 Å². The molecule has 0 fully saturated rings. The maximum Gasteiger partial charge on any atom is 0.243 e. The molecular formula is C23H31N5O3S. The van der Waals surface area contributed by atoms with E-state index in [2.05, 4.69) is 21.8 Å². The Hall–Kier alpha value is -2.78. The Labute approximate surface area is 189 Å². The molecule has 0 saturated heterocycles. The van der Waals surface area contributed by atoms with Crippen molar-refractivity contribution in [2.75, 3.05) is 18.4 Å². The molecule has 9 heteroatoms. The Kier molecular flexibility index (Phi) is 7.63. The number of nitrogens with zero attached hydrogens (tertiary/aromatic N) is 4. The maximum atomic E-state index is 12.9. The van der Waals surface area contributed by atoms with Crippen LogP contribution in [0.25, 0.3) is 11.0 Å². The van der Waals surface area contributed by atoms with Crippen LogP contribution in [0.5, 0.6) is 0 Å². The van der Waals surface area contributed by atoms with Gasteiger partial charge in [-0.25, -0.2) is 18.4 Å². The van der Waals surface area contributed by atoms with Crippen LogP contribution >= 0.6 is 0 Å². The van der Waals surface area contributed by atoms with E-state index < -0.39 is 10.0 Å². The van der Waals surface area contributed by atoms with E-state index in [0.29, 0.717) is 30.8 Å². The van der Waals surface area contributed by atoms with E-state index in [0.717, 1.165) is 29.9 Å². The molecule has 8 nitrogen and oxygen atoms in total. The number of nitrogens with one attached hydrogen (secondary N) is 1. The summed E-state index contributed by atoms with van der Waals surface area (Å²) >= 11 is 0. The summed E-state index contributed by atoms with van der Waals surface area (Å²) in [4.78, 5) is 21.5. The Balaban J connectivity index is 1.84. The molecule has 1 aromatic carbocycles. The number of fused-ring (bicyclic) bond motifs is 1. The number of hydrogen-bond donors (Lipinski definition) is 1. The van der Waals surface area contributed by atoms with Crippen molar-refractivity contribution in [2.45, 2.75) is 58.4 Å². The molecular weight excluding hydrogens is 426 g/mol. The lowest BCUT2D eigenvalue weighted by Gasteiger charge is -2.18. The third kappa shape index (κ3) is 5.16. The van der Waals surface area contributed by atoms with Crippen LogP contribution in [0.2, 0.25) is 0 Å². The lowest BCUT2D eigenvalue weighted by atomic mass is 10.2. The standard InChI is InChI=1S/C23H31N5O3S/c1-5-14-28-20-9-8-18(32(30,31)27(6-2)7-3)16-19(20)25-22(28)10-11-23(29)26-21-15-17(4)12-13-24-21/h8-9,12-13,15-16H,5-7,10-11,14H2,1-4H3,(H,24,26,29). The zero-order valence-corrected chi connectivity index (χ0v) is 19.9. The number of anilines is 1. The molecule has 2 heterocycles. The highest BCUT2D eigenvalue weighted by molar-refractivity contribution is 7.89. The van der Waals surface area contributed by atoms with Crippen LogP contribution < -0.4 is 5.32 Å². The molecule has 0 unspecified atom stereocenters. The van der Waals surface area contributed by atoms with Gasteiger partial charge in [-0.1, -0.05) is 20.8 Å². The van der Waals surface area contributed by atoms with E-state index in [1.165, 1.54) is 4.31 Å². The van der Waals surface area contributed by atoms with Crippen molar-refractivity contribution in [2.24, 2.45) is 0 Å². The fourth-order valence-electron chi connectivity index (χ4n) is 3.73. The summed E-state index contributed by atoms with van der Waals surface area (Å²) in [5.41, 5.74) is 2.53. The Bertz CT molecular complexity index is 1200. The van der Waals surface area contributed by atoms with Crippen molar-refractivity contribution in [1.82, 2.24) is 18.8 Å². The minimum atomic E-state index is -3.56. The van der Waals surface area contributed by atoms with Crippen LogP contribution in [0.4, 0.5) is 5.82 Å². The van der Waals surface area contributed by atoms with Gasteiger partial charge in [0, 0.05) is 38.7 Å². The minimum Gasteiger partial charge on any atom is -0.328 e. The topological polar surface area (TPSA) is 97.2 Å². The highest BCUT2D eigenvalue weighted by Gasteiger charge is 2.23. The molecule has 0 bridgehead atoms. The summed E-state index contributed by atoms with van der Waals surface area (Å²) in [5.74, 6) is 1.16. The largest absolute Gasteiger partial charge is 0.328 e. The number of sulfonamides is 1. The molecule has 0 saturated carbocycles. The molecule has 32 heavy (non-hydrogen) atoms. The number of aromatic nitrogens is 3. The van der Waals surface area contributed by atoms with E-state index in [9.17, 15) is 13.2 Å². The molecule has 172 valence electrons. The first-order valence-corrected chi connectivity index (χ1v) is 12.5. The molecule has 0 aliphatic carbocycles. The number of carbonyl (C=O) groups is 1. The van der Waals surface area contributed by atoms with E-state index in [4.69, 9.17) is 4.98 Å². The number of carbonyl (C=O) groups excluding carboxylic acids is 1. The van der Waals surface area contributed by atoms with E-state index in [1.54, 1.807) is 18.3 Å². The van der Waals surface area contributed by atoms with Crippen LogP contribution in [-0.4, -0.2) is 46.3 Å². The first-order valence-electron chi connectivity index (χ1n) is 11.0. The number of aryl methyl sites for hydroxylation is 3. The van der Waals surface area contributed by atoms with Gasteiger partial charge in [0.15, 0.2) is 0 Å². The number of hydrogen-bond acceptors (Lipinski definition) is 5. The van der Waals surface area contributed by atoms with Crippen LogP contribution in [0.1, 0.15) is 45.0 Å². The Morgan fingerprint density at radius 1 is 1.12 bits per heavy atom. The van der Waals surface area contributed by atoms with Crippen LogP contribution in [0.15, 0.2) is 41.4 Å². The zero-order valence-electron chi connectivity index (χ0n) is 19.1. The van der Waals surface area contributed by atoms with Crippen molar-refractivity contribution in [1.29, 1.82) is 0 Å². The quantitative estimate of drug-likeness (QED) is 0.500. The van der Waals surface area contributed by atoms with Gasteiger partial charge in [-0.3, -0.25) is 4.79 Å². The van der Waals surface area contributed by atoms with Crippen molar-refractivity contribution < 1.29 is 13.2 Å². The Morgan fingerprint density at radius 2 is 1.88 bits per heavy atom. The highest BCUT2D eigenvalue weighted by atomic mass is 32.2. The molecule has 0 spiro atoms. The van der Waals surface area contributed by atoms with E-state index >= 15 is 0 Å². The van der Waals surface area contributed by atoms with Gasteiger partial charge >= 0.3 is 0 Å². The van der Waals surface area contributed by atoms with Gasteiger partial charge in [-0.2, -0.15) is 4.31 Å². The summed E-state index contributed by atoms with van der Waals surface area (Å²) < 4.78 is 29.3. The average Bonchev–Trinajstić information content (AvgIpc) is 3.10. The van der Waals surface area contributed by atoms with Gasteiger partial charge in [0.2, 0.25) is 15.9 Å². The van der Waals surface area contributed by atoms with Crippen molar-refractivity contribution >= 4 is 32.8 Å². The first kappa shape index (κ1) is 23.9. The maximum absolute atomic E-state index is 12.9. The summed E-state index contributed by atoms with van der Waals surface area (Å²) in [6.07, 6.45) is 3.27. The number of benzene rings is 1. The van der Waals surface area contributed by atoms with Crippen molar-refractivity contribution in [3.8, 4) is 0 Å². The first-order chi connectivity index (χ1) is 15.3. The van der Waals surface area contributed by atoms with E-state index in [-0.39, 0.29) is 17.2 Å². The third-order valence-corrected chi connectivity index (χ3v) is 7.39. The normalized spacial score (nSPS) is 11.9. The van der Waals surface area contributed by atoms with Gasteiger partial charge in [-0.05, 0) is 49.2 Å². The monoisotopic (exact) mass is 457 g/mol. The van der Waals surface area contributed by atoms with Gasteiger partial charge in [0.25, 0.3) is 0 Å². The summed E-state index contributed by atoms with van der Waals surface area (Å²) in [5, 5.41) is 2.82. The van der Waals surface area contributed by atoms with Crippen LogP contribution in [0, 0.1) is 6.92 Å². The van der Waals surface area contributed by atoms with Gasteiger partial charge in [0.05, 0.1) is 15.9 Å². The zero-order chi connectivity index (χ0) is 23.3.